The molecule has 1 aliphatic rings. The Morgan fingerprint density at radius 2 is 2.10 bits per heavy atom. The van der Waals surface area contributed by atoms with Gasteiger partial charge in [0.05, 0.1) is 30.9 Å². The molecule has 0 saturated heterocycles. The molecule has 30 heavy (non-hydrogen) atoms. The van der Waals surface area contributed by atoms with Gasteiger partial charge in [0, 0.05) is 48.7 Å². The van der Waals surface area contributed by atoms with Crippen molar-refractivity contribution in [2.45, 2.75) is 33.5 Å². The molecule has 0 radical (unpaired) electrons. The number of hydrogen-bond acceptors (Lipinski definition) is 4. The molecule has 0 bridgehead atoms. The highest BCUT2D eigenvalue weighted by atomic mass is 16.3. The van der Waals surface area contributed by atoms with Crippen molar-refractivity contribution in [3.63, 3.8) is 0 Å². The zero-order valence-corrected chi connectivity index (χ0v) is 17.3. The maximum Gasteiger partial charge on any atom is 0.258 e. The summed E-state index contributed by atoms with van der Waals surface area (Å²) in [6.07, 6.45) is 7.68. The summed E-state index contributed by atoms with van der Waals surface area (Å²) in [4.78, 5) is 19.4. The average molecular weight is 401 g/mol. The highest BCUT2D eigenvalue weighted by molar-refractivity contribution is 5.95. The molecule has 0 aliphatic carbocycles. The molecule has 4 aromatic rings. The molecule has 5 heterocycles. The van der Waals surface area contributed by atoms with Crippen molar-refractivity contribution in [1.29, 1.82) is 0 Å². The smallest absolute Gasteiger partial charge is 0.258 e. The van der Waals surface area contributed by atoms with Crippen molar-refractivity contribution in [2.75, 3.05) is 0 Å². The van der Waals surface area contributed by atoms with E-state index in [1.165, 1.54) is 0 Å². The molecule has 7 nitrogen and oxygen atoms in total. The Morgan fingerprint density at radius 3 is 2.83 bits per heavy atom. The normalized spacial score (nSPS) is 13.1. The third kappa shape index (κ3) is 3.12. The van der Waals surface area contributed by atoms with Crippen LogP contribution in [-0.2, 0) is 26.7 Å². The number of furan rings is 1. The summed E-state index contributed by atoms with van der Waals surface area (Å²) in [6.45, 7) is 5.36. The Labute approximate surface area is 174 Å². The number of nitrogens with zero attached hydrogens (tertiary/aromatic N) is 5. The number of rotatable bonds is 3. The van der Waals surface area contributed by atoms with Gasteiger partial charge in [-0.25, -0.2) is 0 Å². The van der Waals surface area contributed by atoms with Crippen molar-refractivity contribution in [3.8, 4) is 11.3 Å². The molecule has 152 valence electrons. The fraction of sp³-hybridized carbons (Fsp3) is 0.261. The monoisotopic (exact) mass is 401 g/mol. The third-order valence-electron chi connectivity index (χ3n) is 5.62. The summed E-state index contributed by atoms with van der Waals surface area (Å²) >= 11 is 0. The van der Waals surface area contributed by atoms with Crippen LogP contribution in [0.25, 0.3) is 11.3 Å². The lowest BCUT2D eigenvalue weighted by Crippen LogP contribution is -2.30. The van der Waals surface area contributed by atoms with Gasteiger partial charge in [-0.1, -0.05) is 6.07 Å². The molecule has 0 aromatic carbocycles. The second-order valence-corrected chi connectivity index (χ2v) is 7.84. The highest BCUT2D eigenvalue weighted by Gasteiger charge is 2.29. The van der Waals surface area contributed by atoms with E-state index in [1.807, 2.05) is 67.3 Å². The van der Waals surface area contributed by atoms with Gasteiger partial charge in [-0.2, -0.15) is 5.10 Å². The van der Waals surface area contributed by atoms with E-state index < -0.39 is 0 Å². The van der Waals surface area contributed by atoms with Gasteiger partial charge in [-0.3, -0.25) is 14.5 Å². The van der Waals surface area contributed by atoms with E-state index >= 15 is 0 Å². The van der Waals surface area contributed by atoms with Crippen LogP contribution in [0, 0.1) is 13.8 Å². The van der Waals surface area contributed by atoms with Crippen LogP contribution < -0.4 is 0 Å². The molecule has 0 unspecified atom stereocenters. The molecule has 0 fully saturated rings. The lowest BCUT2D eigenvalue weighted by molar-refractivity contribution is 0.0727. The van der Waals surface area contributed by atoms with Crippen molar-refractivity contribution >= 4 is 5.91 Å². The first-order chi connectivity index (χ1) is 14.5. The predicted molar refractivity (Wildman–Crippen MR) is 112 cm³/mol. The van der Waals surface area contributed by atoms with Crippen LogP contribution in [0.2, 0.25) is 0 Å². The molecule has 4 aromatic heterocycles. The fourth-order valence-corrected chi connectivity index (χ4v) is 4.14. The lowest BCUT2D eigenvalue weighted by Gasteiger charge is -2.21. The van der Waals surface area contributed by atoms with E-state index in [-0.39, 0.29) is 5.91 Å². The first kappa shape index (κ1) is 18.4. The molecule has 7 heteroatoms. The second kappa shape index (κ2) is 7.02. The van der Waals surface area contributed by atoms with Crippen molar-refractivity contribution in [3.05, 3.63) is 83.0 Å². The van der Waals surface area contributed by atoms with E-state index in [2.05, 4.69) is 15.6 Å². The molecule has 0 N–H and O–H groups in total. The van der Waals surface area contributed by atoms with Gasteiger partial charge in [0.15, 0.2) is 0 Å². The van der Waals surface area contributed by atoms with Crippen LogP contribution in [0.4, 0.5) is 0 Å². The highest BCUT2D eigenvalue weighted by Crippen LogP contribution is 2.33. The molecule has 1 amide bonds. The Morgan fingerprint density at radius 1 is 1.23 bits per heavy atom. The molecule has 0 saturated carbocycles. The van der Waals surface area contributed by atoms with Gasteiger partial charge in [0.25, 0.3) is 5.91 Å². The Kier molecular flexibility index (Phi) is 4.31. The predicted octanol–water partition coefficient (Wildman–Crippen LogP) is 3.70. The quantitative estimate of drug-likeness (QED) is 0.525. The first-order valence-corrected chi connectivity index (χ1v) is 9.95. The van der Waals surface area contributed by atoms with Gasteiger partial charge in [0.1, 0.15) is 11.5 Å². The van der Waals surface area contributed by atoms with Crippen LogP contribution in [0.1, 0.15) is 38.7 Å². The Balaban J connectivity index is 1.54. The minimum absolute atomic E-state index is 0.0237. The van der Waals surface area contributed by atoms with Gasteiger partial charge < -0.3 is 13.9 Å². The van der Waals surface area contributed by atoms with Crippen LogP contribution in [0.5, 0.6) is 0 Å². The molecule has 0 spiro atoms. The zero-order chi connectivity index (χ0) is 20.8. The van der Waals surface area contributed by atoms with Gasteiger partial charge in [-0.05, 0) is 37.6 Å². The topological polar surface area (TPSA) is 69.1 Å². The second-order valence-electron chi connectivity index (χ2n) is 7.84. The van der Waals surface area contributed by atoms with Gasteiger partial charge >= 0.3 is 0 Å². The van der Waals surface area contributed by atoms with E-state index in [0.717, 1.165) is 33.8 Å². The van der Waals surface area contributed by atoms with Crippen LogP contribution in [-0.4, -0.2) is 30.1 Å². The standard InChI is InChI=1S/C23H23N5O2/c1-15-9-20(16(2)30-15)23(29)27-12-18-13-28(11-17-5-4-7-24-10-17)25-22(18)19-6-8-26(3)21(19)14-27/h4-10,13H,11-12,14H2,1-3H3. The Bertz CT molecular complexity index is 1230. The molecule has 5 rings (SSSR count). The van der Waals surface area contributed by atoms with Gasteiger partial charge in [-0.15, -0.1) is 0 Å². The van der Waals surface area contributed by atoms with Gasteiger partial charge in [0.2, 0.25) is 0 Å². The van der Waals surface area contributed by atoms with Crippen LogP contribution >= 0.6 is 0 Å². The summed E-state index contributed by atoms with van der Waals surface area (Å²) in [5, 5.41) is 4.87. The summed E-state index contributed by atoms with van der Waals surface area (Å²) in [7, 11) is 2.01. The van der Waals surface area contributed by atoms with Crippen molar-refractivity contribution < 1.29 is 9.21 Å². The summed E-state index contributed by atoms with van der Waals surface area (Å²) < 4.78 is 9.60. The molecule has 0 atom stereocenters. The van der Waals surface area contributed by atoms with Crippen LogP contribution in [0.15, 0.2) is 53.5 Å². The summed E-state index contributed by atoms with van der Waals surface area (Å²) in [5.41, 5.74) is 5.83. The summed E-state index contributed by atoms with van der Waals surface area (Å²) in [5.74, 6) is 1.38. The minimum Gasteiger partial charge on any atom is -0.466 e. The number of fused-ring (bicyclic) bond motifs is 3. The molecular weight excluding hydrogens is 378 g/mol. The van der Waals surface area contributed by atoms with E-state index in [0.29, 0.717) is 31.0 Å². The molecular formula is C23H23N5O2. The third-order valence-corrected chi connectivity index (χ3v) is 5.62. The van der Waals surface area contributed by atoms with E-state index in [1.54, 1.807) is 6.20 Å². The maximum atomic E-state index is 13.4. The van der Waals surface area contributed by atoms with Crippen LogP contribution in [0.3, 0.4) is 0 Å². The lowest BCUT2D eigenvalue weighted by atomic mass is 10.1. The van der Waals surface area contributed by atoms with E-state index in [4.69, 9.17) is 9.52 Å². The number of hydrogen-bond donors (Lipinski definition) is 0. The number of aryl methyl sites for hydroxylation is 3. The number of amides is 1. The van der Waals surface area contributed by atoms with Crippen molar-refractivity contribution in [2.24, 2.45) is 7.05 Å². The SMILES string of the molecule is Cc1cc(C(=O)N2Cc3cn(Cc4cccnc4)nc3-c3ccn(C)c3C2)c(C)o1. The van der Waals surface area contributed by atoms with E-state index in [9.17, 15) is 4.79 Å². The fourth-order valence-electron chi connectivity index (χ4n) is 4.14. The van der Waals surface area contributed by atoms with Crippen molar-refractivity contribution in [1.82, 2.24) is 24.2 Å². The molecule has 1 aliphatic heterocycles. The maximum absolute atomic E-state index is 13.4. The summed E-state index contributed by atoms with van der Waals surface area (Å²) in [6, 6.07) is 7.86. The first-order valence-electron chi connectivity index (χ1n) is 9.95. The average Bonchev–Trinajstić information content (AvgIpc) is 3.36. The number of carbonyl (C=O) groups excluding carboxylic acids is 1. The number of aromatic nitrogens is 4. The number of pyridine rings is 1. The Hall–Kier alpha value is -3.61. The minimum atomic E-state index is -0.0237. The zero-order valence-electron chi connectivity index (χ0n) is 17.3. The largest absolute Gasteiger partial charge is 0.466 e. The number of carbonyl (C=O) groups is 1.